The van der Waals surface area contributed by atoms with Gasteiger partial charge in [0.25, 0.3) is 0 Å². The fourth-order valence-corrected chi connectivity index (χ4v) is 0.759. The van der Waals surface area contributed by atoms with Gasteiger partial charge in [0, 0.05) is 6.20 Å². The molecule has 11 heavy (non-hydrogen) atoms. The Bertz CT molecular complexity index is 246. The average molecular weight is 151 g/mol. The molecular weight excluding hydrogens is 142 g/mol. The van der Waals surface area contributed by atoms with Gasteiger partial charge in [-0.15, -0.1) is 0 Å². The number of hydrogen-bond acceptors (Lipinski definition) is 2. The second-order valence-electron chi connectivity index (χ2n) is 2.31. The van der Waals surface area contributed by atoms with Crippen LogP contribution in [0.1, 0.15) is 18.5 Å². The summed E-state index contributed by atoms with van der Waals surface area (Å²) in [4.78, 5) is 14.4. The second kappa shape index (κ2) is 3.14. The lowest BCUT2D eigenvalue weighted by molar-refractivity contribution is -0.138. The lowest BCUT2D eigenvalue weighted by Gasteiger charge is -2.02. The summed E-state index contributed by atoms with van der Waals surface area (Å²) in [5.41, 5.74) is 0.597. The average Bonchev–Trinajstić information content (AvgIpc) is 2.05. The number of pyridine rings is 1. The fraction of sp³-hybridized carbons (Fsp3) is 0.250. The minimum Gasteiger partial charge on any atom is -0.481 e. The molecule has 0 fully saturated rings. The summed E-state index contributed by atoms with van der Waals surface area (Å²) in [5, 5.41) is 8.60. The van der Waals surface area contributed by atoms with Crippen molar-refractivity contribution in [3.05, 3.63) is 30.1 Å². The minimum absolute atomic E-state index is 0.517. The molecule has 0 aliphatic carbocycles. The molecule has 58 valence electrons. The van der Waals surface area contributed by atoms with Crippen molar-refractivity contribution in [2.45, 2.75) is 12.8 Å². The second-order valence-corrected chi connectivity index (χ2v) is 2.31. The van der Waals surface area contributed by atoms with Crippen LogP contribution in [-0.2, 0) is 4.79 Å². The summed E-state index contributed by atoms with van der Waals surface area (Å²) in [6.07, 6.45) is 1.59. The van der Waals surface area contributed by atoms with Crippen LogP contribution in [0.25, 0.3) is 0 Å². The van der Waals surface area contributed by atoms with Crippen molar-refractivity contribution < 1.29 is 9.90 Å². The van der Waals surface area contributed by atoms with Crippen LogP contribution in [0.4, 0.5) is 0 Å². The number of hydrogen-bond donors (Lipinski definition) is 1. The Morgan fingerprint density at radius 2 is 2.36 bits per heavy atom. The molecule has 0 spiro atoms. The molecule has 1 N–H and O–H groups in total. The van der Waals surface area contributed by atoms with Gasteiger partial charge in [0.15, 0.2) is 0 Å². The first-order chi connectivity index (χ1) is 5.22. The van der Waals surface area contributed by atoms with Crippen LogP contribution in [0.3, 0.4) is 0 Å². The van der Waals surface area contributed by atoms with Crippen molar-refractivity contribution in [2.24, 2.45) is 0 Å². The molecule has 3 nitrogen and oxygen atoms in total. The quantitative estimate of drug-likeness (QED) is 0.692. The van der Waals surface area contributed by atoms with Crippen LogP contribution in [0.5, 0.6) is 0 Å². The number of rotatable bonds is 2. The van der Waals surface area contributed by atoms with Crippen LogP contribution < -0.4 is 0 Å². The van der Waals surface area contributed by atoms with E-state index in [1.807, 2.05) is 0 Å². The molecule has 0 amide bonds. The molecule has 1 rings (SSSR count). The van der Waals surface area contributed by atoms with Crippen molar-refractivity contribution in [2.75, 3.05) is 0 Å². The highest BCUT2D eigenvalue weighted by Gasteiger charge is 2.13. The van der Waals surface area contributed by atoms with E-state index < -0.39 is 11.9 Å². The molecule has 0 radical (unpaired) electrons. The van der Waals surface area contributed by atoms with Gasteiger partial charge in [-0.3, -0.25) is 9.78 Å². The molecule has 1 heterocycles. The van der Waals surface area contributed by atoms with E-state index in [2.05, 4.69) is 4.98 Å². The van der Waals surface area contributed by atoms with Gasteiger partial charge in [-0.05, 0) is 19.1 Å². The van der Waals surface area contributed by atoms with Gasteiger partial charge in [0.05, 0.1) is 11.6 Å². The van der Waals surface area contributed by atoms with E-state index in [9.17, 15) is 4.79 Å². The maximum absolute atomic E-state index is 10.5. The first kappa shape index (κ1) is 7.72. The van der Waals surface area contributed by atoms with E-state index in [1.54, 1.807) is 31.3 Å². The molecule has 0 aromatic carbocycles. The monoisotopic (exact) mass is 151 g/mol. The molecule has 1 unspecified atom stereocenters. The molecule has 0 aliphatic heterocycles. The van der Waals surface area contributed by atoms with E-state index in [-0.39, 0.29) is 0 Å². The number of aromatic nitrogens is 1. The molecule has 3 heteroatoms. The van der Waals surface area contributed by atoms with Crippen molar-refractivity contribution in [1.29, 1.82) is 0 Å². The van der Waals surface area contributed by atoms with Crippen LogP contribution in [-0.4, -0.2) is 16.1 Å². The summed E-state index contributed by atoms with van der Waals surface area (Å²) in [7, 11) is 0. The largest absolute Gasteiger partial charge is 0.481 e. The zero-order chi connectivity index (χ0) is 8.27. The van der Waals surface area contributed by atoms with E-state index in [0.717, 1.165) is 0 Å². The minimum atomic E-state index is -0.844. The van der Waals surface area contributed by atoms with Gasteiger partial charge in [0.2, 0.25) is 0 Å². The zero-order valence-corrected chi connectivity index (χ0v) is 6.19. The first-order valence-corrected chi connectivity index (χ1v) is 3.35. The number of carboxylic acid groups (broad SMARTS) is 1. The Balaban J connectivity index is 2.85. The Kier molecular flexibility index (Phi) is 2.21. The Morgan fingerprint density at radius 3 is 2.82 bits per heavy atom. The third-order valence-electron chi connectivity index (χ3n) is 1.50. The number of nitrogens with zero attached hydrogens (tertiary/aromatic N) is 1. The van der Waals surface area contributed by atoms with Gasteiger partial charge < -0.3 is 5.11 Å². The molecular formula is C8H9NO2. The lowest BCUT2D eigenvalue weighted by Crippen LogP contribution is -2.08. The summed E-state index contributed by atoms with van der Waals surface area (Å²) in [6, 6.07) is 5.25. The molecule has 1 aromatic heterocycles. The lowest BCUT2D eigenvalue weighted by atomic mass is 10.1. The molecule has 0 bridgehead atoms. The summed E-state index contributed by atoms with van der Waals surface area (Å²) in [6.45, 7) is 1.62. The van der Waals surface area contributed by atoms with Gasteiger partial charge in [0.1, 0.15) is 0 Å². The maximum atomic E-state index is 10.5. The van der Waals surface area contributed by atoms with Crippen LogP contribution >= 0.6 is 0 Å². The molecule has 1 atom stereocenters. The topological polar surface area (TPSA) is 50.2 Å². The molecule has 0 aliphatic rings. The van der Waals surface area contributed by atoms with E-state index in [4.69, 9.17) is 5.11 Å². The van der Waals surface area contributed by atoms with Gasteiger partial charge >= 0.3 is 5.97 Å². The standard InChI is InChI=1S/C8H9NO2/c1-6(8(10)11)7-4-2-3-5-9-7/h2-6H,1H3,(H,10,11). The molecule has 0 saturated heterocycles. The van der Waals surface area contributed by atoms with Crippen molar-refractivity contribution in [3.8, 4) is 0 Å². The fourth-order valence-electron chi connectivity index (χ4n) is 0.759. The van der Waals surface area contributed by atoms with Crippen molar-refractivity contribution in [3.63, 3.8) is 0 Å². The van der Waals surface area contributed by atoms with Gasteiger partial charge in [-0.1, -0.05) is 6.07 Å². The van der Waals surface area contributed by atoms with Crippen molar-refractivity contribution in [1.82, 2.24) is 4.98 Å². The highest BCUT2D eigenvalue weighted by atomic mass is 16.4. The highest BCUT2D eigenvalue weighted by molar-refractivity contribution is 5.74. The number of aliphatic carboxylic acids is 1. The zero-order valence-electron chi connectivity index (χ0n) is 6.19. The summed E-state index contributed by atoms with van der Waals surface area (Å²) < 4.78 is 0. The van der Waals surface area contributed by atoms with Crippen molar-refractivity contribution >= 4 is 5.97 Å². The van der Waals surface area contributed by atoms with Crippen LogP contribution in [0.15, 0.2) is 24.4 Å². The SMILES string of the molecule is CC(C(=O)O)c1ccccn1. The predicted octanol–water partition coefficient (Wildman–Crippen LogP) is 1.27. The Labute approximate surface area is 64.7 Å². The number of carbonyl (C=O) groups is 1. The van der Waals surface area contributed by atoms with Crippen LogP contribution in [0.2, 0.25) is 0 Å². The van der Waals surface area contributed by atoms with E-state index >= 15 is 0 Å². The van der Waals surface area contributed by atoms with Gasteiger partial charge in [-0.25, -0.2) is 0 Å². The highest BCUT2D eigenvalue weighted by Crippen LogP contribution is 2.10. The smallest absolute Gasteiger partial charge is 0.312 e. The number of carboxylic acids is 1. The molecule has 0 saturated carbocycles. The summed E-state index contributed by atoms with van der Waals surface area (Å²) >= 11 is 0. The Morgan fingerprint density at radius 1 is 1.64 bits per heavy atom. The normalized spacial score (nSPS) is 12.5. The predicted molar refractivity (Wildman–Crippen MR) is 40.3 cm³/mol. The molecule has 1 aromatic rings. The third kappa shape index (κ3) is 1.77. The summed E-state index contributed by atoms with van der Waals surface area (Å²) in [5.74, 6) is -1.36. The first-order valence-electron chi connectivity index (χ1n) is 3.35. The van der Waals surface area contributed by atoms with E-state index in [1.165, 1.54) is 0 Å². The van der Waals surface area contributed by atoms with E-state index in [0.29, 0.717) is 5.69 Å². The third-order valence-corrected chi connectivity index (χ3v) is 1.50. The maximum Gasteiger partial charge on any atom is 0.312 e. The van der Waals surface area contributed by atoms with Gasteiger partial charge in [-0.2, -0.15) is 0 Å². The van der Waals surface area contributed by atoms with Crippen LogP contribution in [0, 0.1) is 0 Å². The Hall–Kier alpha value is -1.38.